The maximum atomic E-state index is 2.29. The molecule has 1 heteroatoms. The monoisotopic (exact) mass is 397 g/mol. The fourth-order valence-corrected chi connectivity index (χ4v) is 3.91. The SMILES string of the molecule is c1ccc(-c2ccc(-c3cccc(N(c4ccccc4)c4ccccc4)c3)cc2)cc1. The molecule has 148 valence electrons. The van der Waals surface area contributed by atoms with Crippen molar-refractivity contribution in [2.75, 3.05) is 4.90 Å². The summed E-state index contributed by atoms with van der Waals surface area (Å²) < 4.78 is 0. The van der Waals surface area contributed by atoms with Crippen LogP contribution in [0.2, 0.25) is 0 Å². The molecule has 0 aliphatic rings. The van der Waals surface area contributed by atoms with Crippen LogP contribution in [0, 0.1) is 0 Å². The van der Waals surface area contributed by atoms with Crippen molar-refractivity contribution < 1.29 is 0 Å². The molecule has 0 aliphatic heterocycles. The second-order valence-corrected chi connectivity index (χ2v) is 7.50. The second-order valence-electron chi connectivity index (χ2n) is 7.50. The summed E-state index contributed by atoms with van der Waals surface area (Å²) in [6.45, 7) is 0. The van der Waals surface area contributed by atoms with E-state index in [1.165, 1.54) is 22.3 Å². The van der Waals surface area contributed by atoms with Crippen molar-refractivity contribution in [3.05, 3.63) is 140 Å². The third kappa shape index (κ3) is 4.12. The lowest BCUT2D eigenvalue weighted by molar-refractivity contribution is 1.28. The molecule has 0 spiro atoms. The van der Waals surface area contributed by atoms with Crippen LogP contribution in [-0.4, -0.2) is 0 Å². The zero-order valence-electron chi connectivity index (χ0n) is 17.2. The molecule has 0 unspecified atom stereocenters. The van der Waals surface area contributed by atoms with Gasteiger partial charge >= 0.3 is 0 Å². The van der Waals surface area contributed by atoms with Crippen LogP contribution in [0.5, 0.6) is 0 Å². The zero-order chi connectivity index (χ0) is 20.9. The van der Waals surface area contributed by atoms with Crippen LogP contribution >= 0.6 is 0 Å². The Bertz CT molecular complexity index is 1200. The van der Waals surface area contributed by atoms with Crippen molar-refractivity contribution in [1.82, 2.24) is 0 Å². The van der Waals surface area contributed by atoms with E-state index in [0.717, 1.165) is 17.1 Å². The zero-order valence-corrected chi connectivity index (χ0v) is 17.2. The van der Waals surface area contributed by atoms with Crippen molar-refractivity contribution in [2.45, 2.75) is 0 Å². The van der Waals surface area contributed by atoms with Gasteiger partial charge in [-0.2, -0.15) is 0 Å². The van der Waals surface area contributed by atoms with Gasteiger partial charge in [0.15, 0.2) is 0 Å². The van der Waals surface area contributed by atoms with Gasteiger partial charge in [-0.1, -0.05) is 103 Å². The molecule has 0 radical (unpaired) electrons. The largest absolute Gasteiger partial charge is 0.310 e. The van der Waals surface area contributed by atoms with E-state index >= 15 is 0 Å². The Morgan fingerprint density at radius 1 is 0.290 bits per heavy atom. The van der Waals surface area contributed by atoms with Gasteiger partial charge in [-0.15, -0.1) is 0 Å². The summed E-state index contributed by atoms with van der Waals surface area (Å²) in [7, 11) is 0. The number of benzene rings is 5. The molecule has 0 heterocycles. The lowest BCUT2D eigenvalue weighted by Crippen LogP contribution is -2.09. The van der Waals surface area contributed by atoms with Crippen LogP contribution in [0.25, 0.3) is 22.3 Å². The van der Waals surface area contributed by atoms with Crippen LogP contribution in [0.4, 0.5) is 17.1 Å². The third-order valence-corrected chi connectivity index (χ3v) is 5.46. The highest BCUT2D eigenvalue weighted by Crippen LogP contribution is 2.36. The molecule has 31 heavy (non-hydrogen) atoms. The van der Waals surface area contributed by atoms with E-state index < -0.39 is 0 Å². The first-order chi connectivity index (χ1) is 15.4. The maximum absolute atomic E-state index is 2.29. The molecule has 5 aromatic carbocycles. The summed E-state index contributed by atoms with van der Waals surface area (Å²) >= 11 is 0. The number of hydrogen-bond acceptors (Lipinski definition) is 1. The first kappa shape index (κ1) is 18.9. The van der Waals surface area contributed by atoms with Crippen LogP contribution < -0.4 is 4.90 Å². The number of nitrogens with zero attached hydrogens (tertiary/aromatic N) is 1. The van der Waals surface area contributed by atoms with Crippen molar-refractivity contribution in [3.8, 4) is 22.3 Å². The highest BCUT2D eigenvalue weighted by atomic mass is 15.1. The van der Waals surface area contributed by atoms with Gasteiger partial charge in [0.2, 0.25) is 0 Å². The van der Waals surface area contributed by atoms with E-state index in [-0.39, 0.29) is 0 Å². The minimum absolute atomic E-state index is 1.14. The summed E-state index contributed by atoms with van der Waals surface area (Å²) in [4.78, 5) is 2.29. The molecule has 0 atom stereocenters. The average molecular weight is 398 g/mol. The molecule has 5 aromatic rings. The van der Waals surface area contributed by atoms with E-state index in [9.17, 15) is 0 Å². The molecule has 5 rings (SSSR count). The minimum atomic E-state index is 1.14. The maximum Gasteiger partial charge on any atom is 0.0467 e. The Morgan fingerprint density at radius 3 is 1.23 bits per heavy atom. The molecule has 1 nitrogen and oxygen atoms in total. The van der Waals surface area contributed by atoms with Gasteiger partial charge in [0, 0.05) is 17.1 Å². The van der Waals surface area contributed by atoms with E-state index in [0.29, 0.717) is 0 Å². The predicted octanol–water partition coefficient (Wildman–Crippen LogP) is 8.49. The minimum Gasteiger partial charge on any atom is -0.310 e. The van der Waals surface area contributed by atoms with E-state index in [1.807, 2.05) is 0 Å². The summed E-state index contributed by atoms with van der Waals surface area (Å²) in [5.41, 5.74) is 8.31. The van der Waals surface area contributed by atoms with Gasteiger partial charge in [-0.25, -0.2) is 0 Å². The summed E-state index contributed by atoms with van der Waals surface area (Å²) in [5, 5.41) is 0. The Morgan fingerprint density at radius 2 is 0.677 bits per heavy atom. The van der Waals surface area contributed by atoms with Gasteiger partial charge in [0.05, 0.1) is 0 Å². The average Bonchev–Trinajstić information content (AvgIpc) is 2.86. The Balaban J connectivity index is 1.53. The molecular weight excluding hydrogens is 374 g/mol. The lowest BCUT2D eigenvalue weighted by Gasteiger charge is -2.25. The molecule has 0 fully saturated rings. The number of para-hydroxylation sites is 2. The second kappa shape index (κ2) is 8.73. The van der Waals surface area contributed by atoms with Crippen LogP contribution in [0.15, 0.2) is 140 Å². The first-order valence-corrected chi connectivity index (χ1v) is 10.5. The van der Waals surface area contributed by atoms with E-state index in [2.05, 4.69) is 144 Å². The molecular formula is C30H23N. The standard InChI is InChI=1S/C30H23N/c1-4-11-24(12-5-1)25-19-21-26(22-20-25)27-13-10-18-30(23-27)31(28-14-6-2-7-15-28)29-16-8-3-9-17-29/h1-23H. The van der Waals surface area contributed by atoms with Gasteiger partial charge < -0.3 is 4.90 Å². The van der Waals surface area contributed by atoms with Crippen molar-refractivity contribution in [1.29, 1.82) is 0 Å². The van der Waals surface area contributed by atoms with E-state index in [4.69, 9.17) is 0 Å². The van der Waals surface area contributed by atoms with Crippen molar-refractivity contribution >= 4 is 17.1 Å². The van der Waals surface area contributed by atoms with Crippen molar-refractivity contribution in [2.24, 2.45) is 0 Å². The topological polar surface area (TPSA) is 3.24 Å². The molecule has 0 amide bonds. The Kier molecular flexibility index (Phi) is 5.32. The van der Waals surface area contributed by atoms with Crippen LogP contribution in [0.1, 0.15) is 0 Å². The molecule has 0 saturated heterocycles. The summed E-state index contributed by atoms with van der Waals surface area (Å²) in [5.74, 6) is 0. The summed E-state index contributed by atoms with van der Waals surface area (Å²) in [6.07, 6.45) is 0. The molecule has 0 aliphatic carbocycles. The van der Waals surface area contributed by atoms with Crippen LogP contribution in [-0.2, 0) is 0 Å². The molecule has 0 saturated carbocycles. The number of rotatable bonds is 5. The molecule has 0 aromatic heterocycles. The number of hydrogen-bond donors (Lipinski definition) is 0. The molecule has 0 N–H and O–H groups in total. The Hall–Kier alpha value is -4.10. The van der Waals surface area contributed by atoms with Gasteiger partial charge in [-0.3, -0.25) is 0 Å². The summed E-state index contributed by atoms with van der Waals surface area (Å²) in [6, 6.07) is 49.1. The highest BCUT2D eigenvalue weighted by Gasteiger charge is 2.12. The van der Waals surface area contributed by atoms with Crippen LogP contribution in [0.3, 0.4) is 0 Å². The Labute approximate surface area is 183 Å². The smallest absolute Gasteiger partial charge is 0.0467 e. The predicted molar refractivity (Wildman–Crippen MR) is 132 cm³/mol. The first-order valence-electron chi connectivity index (χ1n) is 10.5. The normalized spacial score (nSPS) is 10.6. The quantitative estimate of drug-likeness (QED) is 0.287. The van der Waals surface area contributed by atoms with Gasteiger partial charge in [-0.05, 0) is 58.7 Å². The third-order valence-electron chi connectivity index (χ3n) is 5.46. The van der Waals surface area contributed by atoms with Gasteiger partial charge in [0.1, 0.15) is 0 Å². The number of anilines is 3. The van der Waals surface area contributed by atoms with Crippen molar-refractivity contribution in [3.63, 3.8) is 0 Å². The highest BCUT2D eigenvalue weighted by molar-refractivity contribution is 5.80. The van der Waals surface area contributed by atoms with E-state index in [1.54, 1.807) is 0 Å². The fourth-order valence-electron chi connectivity index (χ4n) is 3.91. The van der Waals surface area contributed by atoms with Gasteiger partial charge in [0.25, 0.3) is 0 Å². The molecule has 0 bridgehead atoms. The lowest BCUT2D eigenvalue weighted by atomic mass is 10.00. The fraction of sp³-hybridized carbons (Fsp3) is 0.